The lowest BCUT2D eigenvalue weighted by Gasteiger charge is -2.20. The Morgan fingerprint density at radius 1 is 0.714 bits per heavy atom. The first-order valence-corrected chi connectivity index (χ1v) is 8.63. The van der Waals surface area contributed by atoms with Gasteiger partial charge in [0.2, 0.25) is 0 Å². The van der Waals surface area contributed by atoms with Crippen LogP contribution in [-0.4, -0.2) is 70.7 Å². The van der Waals surface area contributed by atoms with E-state index in [1.165, 1.54) is 13.8 Å². The summed E-state index contributed by atoms with van der Waals surface area (Å²) in [6, 6.07) is 0. The highest BCUT2D eigenvalue weighted by molar-refractivity contribution is 6.13. The number of esters is 2. The zero-order chi connectivity index (χ0) is 20.8. The lowest BCUT2D eigenvalue weighted by Crippen LogP contribution is -2.38. The Morgan fingerprint density at radius 2 is 1.00 bits per heavy atom. The number of rotatable bonds is 9. The fourth-order valence-electron chi connectivity index (χ4n) is 2.58. The maximum Gasteiger partial charge on any atom is 0.306 e. The van der Waals surface area contributed by atoms with Crippen LogP contribution in [0.1, 0.15) is 26.7 Å². The molecule has 2 atom stereocenters. The number of nitrogens with zero attached hydrogens (tertiary/aromatic N) is 2. The molecule has 28 heavy (non-hydrogen) atoms. The molecule has 2 unspecified atom stereocenters. The van der Waals surface area contributed by atoms with E-state index in [2.05, 4.69) is 0 Å². The molecule has 4 amide bonds. The summed E-state index contributed by atoms with van der Waals surface area (Å²) < 4.78 is 10.1. The summed E-state index contributed by atoms with van der Waals surface area (Å²) in [4.78, 5) is 71.3. The monoisotopic (exact) mass is 392 g/mol. The molecule has 0 aromatic carbocycles. The molecule has 0 N–H and O–H groups in total. The van der Waals surface area contributed by atoms with Gasteiger partial charge in [0.05, 0.1) is 25.9 Å². The van der Waals surface area contributed by atoms with Crippen molar-refractivity contribution in [3.8, 4) is 0 Å². The second-order valence-corrected chi connectivity index (χ2v) is 6.34. The lowest BCUT2D eigenvalue weighted by molar-refractivity contribution is -0.157. The molecule has 10 nitrogen and oxygen atoms in total. The molecule has 0 fully saturated rings. The van der Waals surface area contributed by atoms with Crippen LogP contribution in [0.4, 0.5) is 0 Å². The molecule has 2 rings (SSSR count). The van der Waals surface area contributed by atoms with Gasteiger partial charge in [0.1, 0.15) is 12.2 Å². The number of hydrogen-bond donors (Lipinski definition) is 0. The van der Waals surface area contributed by atoms with Gasteiger partial charge in [0.15, 0.2) is 0 Å². The molecule has 150 valence electrons. The minimum Gasteiger partial charge on any atom is -0.461 e. The first-order chi connectivity index (χ1) is 13.2. The van der Waals surface area contributed by atoms with Gasteiger partial charge in [-0.3, -0.25) is 38.6 Å². The third-order valence-electron chi connectivity index (χ3n) is 3.88. The van der Waals surface area contributed by atoms with E-state index < -0.39 is 47.8 Å². The normalized spacial score (nSPS) is 18.1. The lowest BCUT2D eigenvalue weighted by atomic mass is 10.3. The standard InChI is InChI=1S/C18H20N2O8/c1-11(9-19-13(21)3-4-14(19)22)27-17(25)7-8-18(26)28-12(2)10-20-15(23)5-6-16(20)24/h3-6,11-12H,7-10H2,1-2H3. The van der Waals surface area contributed by atoms with E-state index in [4.69, 9.17) is 9.47 Å². The second kappa shape index (κ2) is 9.07. The molecule has 2 heterocycles. The van der Waals surface area contributed by atoms with Crippen molar-refractivity contribution in [1.82, 2.24) is 9.80 Å². The Morgan fingerprint density at radius 3 is 1.29 bits per heavy atom. The predicted molar refractivity (Wildman–Crippen MR) is 92.1 cm³/mol. The van der Waals surface area contributed by atoms with Gasteiger partial charge in [-0.1, -0.05) is 0 Å². The van der Waals surface area contributed by atoms with Crippen molar-refractivity contribution in [2.45, 2.75) is 38.9 Å². The average molecular weight is 392 g/mol. The molecule has 0 aromatic heterocycles. The molecule has 0 spiro atoms. The van der Waals surface area contributed by atoms with Gasteiger partial charge in [0, 0.05) is 24.3 Å². The van der Waals surface area contributed by atoms with Crippen molar-refractivity contribution >= 4 is 35.6 Å². The second-order valence-electron chi connectivity index (χ2n) is 6.34. The topological polar surface area (TPSA) is 127 Å². The van der Waals surface area contributed by atoms with Crippen molar-refractivity contribution in [3.63, 3.8) is 0 Å². The Kier molecular flexibility index (Phi) is 6.80. The van der Waals surface area contributed by atoms with Gasteiger partial charge in [-0.05, 0) is 13.8 Å². The fourth-order valence-corrected chi connectivity index (χ4v) is 2.58. The summed E-state index contributed by atoms with van der Waals surface area (Å²) in [6.07, 6.45) is 2.57. The molecule has 0 aromatic rings. The minimum atomic E-state index is -0.727. The van der Waals surface area contributed by atoms with Gasteiger partial charge in [0.25, 0.3) is 23.6 Å². The van der Waals surface area contributed by atoms with E-state index >= 15 is 0 Å². The van der Waals surface area contributed by atoms with E-state index in [9.17, 15) is 28.8 Å². The highest BCUT2D eigenvalue weighted by Gasteiger charge is 2.27. The van der Waals surface area contributed by atoms with Crippen molar-refractivity contribution < 1.29 is 38.2 Å². The molecule has 10 heteroatoms. The van der Waals surface area contributed by atoms with Crippen LogP contribution in [0.15, 0.2) is 24.3 Å². The van der Waals surface area contributed by atoms with Crippen molar-refractivity contribution in [2.75, 3.05) is 13.1 Å². The van der Waals surface area contributed by atoms with Crippen LogP contribution in [0.2, 0.25) is 0 Å². The maximum absolute atomic E-state index is 11.8. The minimum absolute atomic E-state index is 0.0795. The van der Waals surface area contributed by atoms with Gasteiger partial charge >= 0.3 is 11.9 Å². The number of carbonyl (C=O) groups is 6. The highest BCUT2D eigenvalue weighted by Crippen LogP contribution is 2.09. The first kappa shape index (κ1) is 21.0. The SMILES string of the molecule is CC(CN1C(=O)C=CC1=O)OC(=O)CCC(=O)OC(C)CN1C(=O)C=CC1=O. The number of hydrogen-bond acceptors (Lipinski definition) is 8. The summed E-state index contributed by atoms with van der Waals surface area (Å²) in [6.45, 7) is 2.89. The quantitative estimate of drug-likeness (QED) is 0.379. The fraction of sp³-hybridized carbons (Fsp3) is 0.444. The Balaban J connectivity index is 1.66. The van der Waals surface area contributed by atoms with E-state index in [-0.39, 0.29) is 25.9 Å². The van der Waals surface area contributed by atoms with Crippen LogP contribution in [-0.2, 0) is 38.2 Å². The third-order valence-corrected chi connectivity index (χ3v) is 3.88. The Hall–Kier alpha value is -3.30. The number of carbonyl (C=O) groups excluding carboxylic acids is 6. The van der Waals surface area contributed by atoms with E-state index in [0.29, 0.717) is 0 Å². The molecule has 2 aliphatic rings. The molecule has 0 saturated heterocycles. The smallest absolute Gasteiger partial charge is 0.306 e. The zero-order valence-electron chi connectivity index (χ0n) is 15.5. The van der Waals surface area contributed by atoms with Gasteiger partial charge in [-0.15, -0.1) is 0 Å². The predicted octanol–water partition coefficient (Wildman–Crippen LogP) is -0.520. The van der Waals surface area contributed by atoms with Crippen LogP contribution in [0.5, 0.6) is 0 Å². The van der Waals surface area contributed by atoms with Gasteiger partial charge in [-0.2, -0.15) is 0 Å². The number of amides is 4. The number of imide groups is 2. The first-order valence-electron chi connectivity index (χ1n) is 8.63. The maximum atomic E-state index is 11.8. The summed E-state index contributed by atoms with van der Waals surface area (Å²) >= 11 is 0. The van der Waals surface area contributed by atoms with Crippen molar-refractivity contribution in [1.29, 1.82) is 0 Å². The summed E-state index contributed by atoms with van der Waals surface area (Å²) in [5.74, 6) is -3.27. The Bertz CT molecular complexity index is 670. The molecule has 0 radical (unpaired) electrons. The molecular weight excluding hydrogens is 372 g/mol. The molecular formula is C18H20N2O8. The van der Waals surface area contributed by atoms with Gasteiger partial charge < -0.3 is 9.47 Å². The summed E-state index contributed by atoms with van der Waals surface area (Å²) in [7, 11) is 0. The van der Waals surface area contributed by atoms with E-state index in [1.54, 1.807) is 0 Å². The summed E-state index contributed by atoms with van der Waals surface area (Å²) in [5.41, 5.74) is 0. The molecule has 0 saturated carbocycles. The van der Waals surface area contributed by atoms with Crippen molar-refractivity contribution in [3.05, 3.63) is 24.3 Å². The zero-order valence-corrected chi connectivity index (χ0v) is 15.5. The van der Waals surface area contributed by atoms with Crippen LogP contribution < -0.4 is 0 Å². The van der Waals surface area contributed by atoms with Crippen LogP contribution >= 0.6 is 0 Å². The highest BCUT2D eigenvalue weighted by atomic mass is 16.6. The van der Waals surface area contributed by atoms with E-state index in [1.807, 2.05) is 0 Å². The van der Waals surface area contributed by atoms with Crippen LogP contribution in [0, 0.1) is 0 Å². The van der Waals surface area contributed by atoms with Crippen LogP contribution in [0.25, 0.3) is 0 Å². The molecule has 0 bridgehead atoms. The molecule has 2 aliphatic heterocycles. The third kappa shape index (κ3) is 5.60. The summed E-state index contributed by atoms with van der Waals surface area (Å²) in [5, 5.41) is 0. The average Bonchev–Trinajstić information content (AvgIpc) is 3.10. The molecule has 0 aliphatic carbocycles. The Labute approximate surface area is 160 Å². The van der Waals surface area contributed by atoms with Crippen molar-refractivity contribution in [2.24, 2.45) is 0 Å². The van der Waals surface area contributed by atoms with Crippen LogP contribution in [0.3, 0.4) is 0 Å². The van der Waals surface area contributed by atoms with E-state index in [0.717, 1.165) is 34.1 Å². The van der Waals surface area contributed by atoms with Gasteiger partial charge in [-0.25, -0.2) is 0 Å². The largest absolute Gasteiger partial charge is 0.461 e. The number of ether oxygens (including phenoxy) is 2.